The molecule has 1 N–H and O–H groups in total. The third-order valence-electron chi connectivity index (χ3n) is 2.95. The van der Waals surface area contributed by atoms with E-state index in [0.29, 0.717) is 22.9 Å². The molecule has 0 saturated heterocycles. The van der Waals surface area contributed by atoms with Crippen molar-refractivity contribution in [3.63, 3.8) is 0 Å². The van der Waals surface area contributed by atoms with E-state index in [1.807, 2.05) is 30.3 Å². The highest BCUT2D eigenvalue weighted by Crippen LogP contribution is 2.20. The molecule has 0 spiro atoms. The molecular formula is C15H16ClN3O. The van der Waals surface area contributed by atoms with Crippen LogP contribution in [-0.2, 0) is 6.54 Å². The minimum Gasteiger partial charge on any atom is -0.373 e. The lowest BCUT2D eigenvalue weighted by molar-refractivity contribution is 0.0785. The second-order valence-electron chi connectivity index (χ2n) is 4.45. The van der Waals surface area contributed by atoms with E-state index in [-0.39, 0.29) is 5.91 Å². The number of amides is 1. The maximum Gasteiger partial charge on any atom is 0.255 e. The molecule has 2 aromatic rings. The van der Waals surface area contributed by atoms with Gasteiger partial charge < -0.3 is 10.2 Å². The van der Waals surface area contributed by atoms with Gasteiger partial charge in [-0.1, -0.05) is 41.9 Å². The molecule has 0 aliphatic carbocycles. The van der Waals surface area contributed by atoms with E-state index >= 15 is 0 Å². The molecule has 0 aliphatic heterocycles. The van der Waals surface area contributed by atoms with Crippen LogP contribution in [0.4, 0.5) is 5.82 Å². The van der Waals surface area contributed by atoms with E-state index in [4.69, 9.17) is 11.6 Å². The molecule has 104 valence electrons. The van der Waals surface area contributed by atoms with Crippen LogP contribution in [0.3, 0.4) is 0 Å². The number of aromatic nitrogens is 1. The summed E-state index contributed by atoms with van der Waals surface area (Å²) in [4.78, 5) is 18.1. The van der Waals surface area contributed by atoms with Gasteiger partial charge in [-0.2, -0.15) is 0 Å². The highest BCUT2D eigenvalue weighted by atomic mass is 35.5. The Labute approximate surface area is 123 Å². The standard InChI is InChI=1S/C15H16ClN3O/c1-17-14-8-12(13(16)9-18-14)15(20)19(2)10-11-6-4-3-5-7-11/h3-9H,10H2,1-2H3,(H,17,18). The molecule has 0 atom stereocenters. The van der Waals surface area contributed by atoms with Crippen LogP contribution in [0.15, 0.2) is 42.6 Å². The Balaban J connectivity index is 2.18. The number of nitrogens with zero attached hydrogens (tertiary/aromatic N) is 2. The average molecular weight is 290 g/mol. The van der Waals surface area contributed by atoms with Crippen LogP contribution < -0.4 is 5.32 Å². The molecule has 1 amide bonds. The van der Waals surface area contributed by atoms with Crippen molar-refractivity contribution in [3.05, 3.63) is 58.7 Å². The van der Waals surface area contributed by atoms with Crippen LogP contribution in [0, 0.1) is 0 Å². The number of hydrogen-bond acceptors (Lipinski definition) is 3. The lowest BCUT2D eigenvalue weighted by Crippen LogP contribution is -2.26. The van der Waals surface area contributed by atoms with Crippen molar-refractivity contribution < 1.29 is 4.79 Å². The SMILES string of the molecule is CNc1cc(C(=O)N(C)Cc2ccccc2)c(Cl)cn1. The van der Waals surface area contributed by atoms with Crippen molar-refractivity contribution in [2.75, 3.05) is 19.4 Å². The van der Waals surface area contributed by atoms with Gasteiger partial charge in [0.2, 0.25) is 0 Å². The molecule has 4 nitrogen and oxygen atoms in total. The highest BCUT2D eigenvalue weighted by Gasteiger charge is 2.16. The first-order valence-electron chi connectivity index (χ1n) is 6.24. The normalized spacial score (nSPS) is 10.2. The lowest BCUT2D eigenvalue weighted by atomic mass is 10.2. The van der Waals surface area contributed by atoms with Gasteiger partial charge in [-0.05, 0) is 11.6 Å². The van der Waals surface area contributed by atoms with Gasteiger partial charge in [-0.25, -0.2) is 4.98 Å². The van der Waals surface area contributed by atoms with Crippen LogP contribution in [0.2, 0.25) is 5.02 Å². The van der Waals surface area contributed by atoms with Crippen molar-refractivity contribution in [1.82, 2.24) is 9.88 Å². The van der Waals surface area contributed by atoms with E-state index in [0.717, 1.165) is 5.56 Å². The molecule has 1 aromatic heterocycles. The minimum absolute atomic E-state index is 0.127. The summed E-state index contributed by atoms with van der Waals surface area (Å²) in [7, 11) is 3.50. The number of rotatable bonds is 4. The number of carbonyl (C=O) groups excluding carboxylic acids is 1. The zero-order valence-corrected chi connectivity index (χ0v) is 12.2. The number of pyridine rings is 1. The molecule has 2 rings (SSSR count). The topological polar surface area (TPSA) is 45.2 Å². The van der Waals surface area contributed by atoms with Gasteiger partial charge >= 0.3 is 0 Å². The van der Waals surface area contributed by atoms with E-state index in [1.165, 1.54) is 6.20 Å². The number of hydrogen-bond donors (Lipinski definition) is 1. The molecule has 1 heterocycles. The second kappa shape index (κ2) is 6.39. The largest absolute Gasteiger partial charge is 0.373 e. The van der Waals surface area contributed by atoms with Gasteiger partial charge in [0.1, 0.15) is 5.82 Å². The Hall–Kier alpha value is -2.07. The fraction of sp³-hybridized carbons (Fsp3) is 0.200. The zero-order valence-electron chi connectivity index (χ0n) is 11.4. The van der Waals surface area contributed by atoms with Crippen LogP contribution in [0.25, 0.3) is 0 Å². The van der Waals surface area contributed by atoms with Crippen molar-refractivity contribution in [1.29, 1.82) is 0 Å². The molecule has 5 heteroatoms. The summed E-state index contributed by atoms with van der Waals surface area (Å²) in [5.74, 6) is 0.489. The van der Waals surface area contributed by atoms with Gasteiger partial charge in [0.15, 0.2) is 0 Å². The summed E-state index contributed by atoms with van der Waals surface area (Å²) < 4.78 is 0. The van der Waals surface area contributed by atoms with Gasteiger partial charge in [0.25, 0.3) is 5.91 Å². The first-order chi connectivity index (χ1) is 9.61. The fourth-order valence-electron chi connectivity index (χ4n) is 1.87. The fourth-order valence-corrected chi connectivity index (χ4v) is 2.06. The monoisotopic (exact) mass is 289 g/mol. The maximum atomic E-state index is 12.4. The van der Waals surface area contributed by atoms with Crippen LogP contribution in [0.5, 0.6) is 0 Å². The number of anilines is 1. The van der Waals surface area contributed by atoms with Crippen LogP contribution >= 0.6 is 11.6 Å². The van der Waals surface area contributed by atoms with E-state index in [1.54, 1.807) is 25.1 Å². The molecular weight excluding hydrogens is 274 g/mol. The van der Waals surface area contributed by atoms with Crippen LogP contribution in [-0.4, -0.2) is 29.9 Å². The van der Waals surface area contributed by atoms with Crippen molar-refractivity contribution in [3.8, 4) is 0 Å². The van der Waals surface area contributed by atoms with Gasteiger partial charge in [0, 0.05) is 26.8 Å². The third kappa shape index (κ3) is 3.27. The summed E-state index contributed by atoms with van der Waals surface area (Å²) in [6.07, 6.45) is 1.48. The van der Waals surface area contributed by atoms with Gasteiger partial charge in [-0.15, -0.1) is 0 Å². The summed E-state index contributed by atoms with van der Waals surface area (Å²) in [6.45, 7) is 0.535. The molecule has 0 bridgehead atoms. The summed E-state index contributed by atoms with van der Waals surface area (Å²) in [5, 5.41) is 3.25. The molecule has 0 radical (unpaired) electrons. The Morgan fingerprint density at radius 2 is 2.05 bits per heavy atom. The van der Waals surface area contributed by atoms with Gasteiger partial charge in [0.05, 0.1) is 10.6 Å². The number of carbonyl (C=O) groups is 1. The average Bonchev–Trinajstić information content (AvgIpc) is 2.48. The van der Waals surface area contributed by atoms with Crippen LogP contribution in [0.1, 0.15) is 15.9 Å². The minimum atomic E-state index is -0.127. The van der Waals surface area contributed by atoms with Crippen molar-refractivity contribution >= 4 is 23.3 Å². The van der Waals surface area contributed by atoms with Crippen molar-refractivity contribution in [2.45, 2.75) is 6.54 Å². The van der Waals surface area contributed by atoms with Crippen molar-refractivity contribution in [2.24, 2.45) is 0 Å². The molecule has 0 fully saturated rings. The summed E-state index contributed by atoms with van der Waals surface area (Å²) in [5.41, 5.74) is 1.52. The Bertz CT molecular complexity index is 601. The zero-order chi connectivity index (χ0) is 14.5. The first-order valence-corrected chi connectivity index (χ1v) is 6.62. The molecule has 0 aliphatic rings. The summed E-state index contributed by atoms with van der Waals surface area (Å²) >= 11 is 6.06. The molecule has 0 saturated carbocycles. The molecule has 0 unspecified atom stereocenters. The number of benzene rings is 1. The quantitative estimate of drug-likeness (QED) is 0.941. The smallest absolute Gasteiger partial charge is 0.255 e. The molecule has 1 aromatic carbocycles. The number of halogens is 1. The second-order valence-corrected chi connectivity index (χ2v) is 4.85. The Kier molecular flexibility index (Phi) is 4.58. The third-order valence-corrected chi connectivity index (χ3v) is 3.25. The highest BCUT2D eigenvalue weighted by molar-refractivity contribution is 6.33. The Morgan fingerprint density at radius 3 is 2.70 bits per heavy atom. The van der Waals surface area contributed by atoms with E-state index < -0.39 is 0 Å². The summed E-state index contributed by atoms with van der Waals surface area (Å²) in [6, 6.07) is 11.5. The predicted molar refractivity (Wildman–Crippen MR) is 81.0 cm³/mol. The predicted octanol–water partition coefficient (Wildman–Crippen LogP) is 3.05. The number of nitrogens with one attached hydrogen (secondary N) is 1. The van der Waals surface area contributed by atoms with Gasteiger partial charge in [-0.3, -0.25) is 4.79 Å². The van der Waals surface area contributed by atoms with E-state index in [2.05, 4.69) is 10.3 Å². The Morgan fingerprint density at radius 1 is 1.35 bits per heavy atom. The lowest BCUT2D eigenvalue weighted by Gasteiger charge is -2.18. The maximum absolute atomic E-state index is 12.4. The van der Waals surface area contributed by atoms with E-state index in [9.17, 15) is 4.79 Å². The molecule has 20 heavy (non-hydrogen) atoms. The first kappa shape index (κ1) is 14.3.